The van der Waals surface area contributed by atoms with E-state index in [1.807, 2.05) is 13.8 Å². The number of carbonyl (C=O) groups excluding carboxylic acids is 1. The van der Waals surface area contributed by atoms with E-state index in [2.05, 4.69) is 0 Å². The van der Waals surface area contributed by atoms with Crippen LogP contribution in [-0.4, -0.2) is 50.6 Å². The molecule has 0 saturated carbocycles. The normalized spacial score (nSPS) is 14.0. The molecule has 6 nitrogen and oxygen atoms in total. The molecule has 0 aromatic carbocycles. The van der Waals surface area contributed by atoms with Crippen LogP contribution in [-0.2, 0) is 23.8 Å². The van der Waals surface area contributed by atoms with Crippen LogP contribution in [0.5, 0.6) is 0 Å². The fourth-order valence-corrected chi connectivity index (χ4v) is 2.26. The Balaban J connectivity index is 4.69. The van der Waals surface area contributed by atoms with Crippen LogP contribution in [0.25, 0.3) is 0 Å². The van der Waals surface area contributed by atoms with Crippen LogP contribution in [0.3, 0.4) is 0 Å². The molecule has 1 unspecified atom stereocenters. The third-order valence-corrected chi connectivity index (χ3v) is 3.16. The van der Waals surface area contributed by atoms with Gasteiger partial charge in [-0.25, -0.2) is 0 Å². The van der Waals surface area contributed by atoms with Gasteiger partial charge in [-0.05, 0) is 32.1 Å². The van der Waals surface area contributed by atoms with Gasteiger partial charge < -0.3 is 19.3 Å². The number of hydrogen-bond acceptors (Lipinski definition) is 5. The molecule has 0 heterocycles. The van der Waals surface area contributed by atoms with Crippen LogP contribution >= 0.6 is 0 Å². The minimum atomic E-state index is -1.48. The Morgan fingerprint density at radius 3 is 2.33 bits per heavy atom. The number of carbonyl (C=O) groups is 2. The van der Waals surface area contributed by atoms with Crippen molar-refractivity contribution in [3.63, 3.8) is 0 Å². The lowest BCUT2D eigenvalue weighted by atomic mass is 9.76. The van der Waals surface area contributed by atoms with Crippen molar-refractivity contribution in [3.05, 3.63) is 0 Å². The van der Waals surface area contributed by atoms with Crippen molar-refractivity contribution >= 4 is 11.9 Å². The molecule has 0 aliphatic rings. The van der Waals surface area contributed by atoms with Gasteiger partial charge in [0.2, 0.25) is 0 Å². The number of carboxylic acid groups (broad SMARTS) is 1. The number of carboxylic acids is 1. The van der Waals surface area contributed by atoms with Crippen molar-refractivity contribution < 1.29 is 28.9 Å². The summed E-state index contributed by atoms with van der Waals surface area (Å²) in [6, 6.07) is 0. The largest absolute Gasteiger partial charge is 0.480 e. The van der Waals surface area contributed by atoms with Gasteiger partial charge in [0, 0.05) is 13.7 Å². The predicted molar refractivity (Wildman–Crippen MR) is 78.1 cm³/mol. The van der Waals surface area contributed by atoms with Crippen LogP contribution in [0.4, 0.5) is 0 Å². The van der Waals surface area contributed by atoms with Crippen LogP contribution < -0.4 is 0 Å². The Morgan fingerprint density at radius 1 is 1.19 bits per heavy atom. The zero-order valence-corrected chi connectivity index (χ0v) is 13.5. The summed E-state index contributed by atoms with van der Waals surface area (Å²) >= 11 is 0. The number of esters is 1. The summed E-state index contributed by atoms with van der Waals surface area (Å²) in [5, 5.41) is 9.55. The zero-order chi connectivity index (χ0) is 16.3. The third kappa shape index (κ3) is 6.91. The third-order valence-electron chi connectivity index (χ3n) is 3.16. The highest BCUT2D eigenvalue weighted by molar-refractivity contribution is 5.99. The van der Waals surface area contributed by atoms with E-state index < -0.39 is 17.4 Å². The highest BCUT2D eigenvalue weighted by atomic mass is 16.5. The molecule has 0 spiro atoms. The molecule has 1 N–H and O–H groups in total. The van der Waals surface area contributed by atoms with E-state index in [0.29, 0.717) is 26.2 Å². The van der Waals surface area contributed by atoms with E-state index in [9.17, 15) is 14.7 Å². The molecule has 0 aliphatic carbocycles. The Hall–Kier alpha value is -1.14. The molecule has 0 aliphatic heterocycles. The van der Waals surface area contributed by atoms with E-state index in [1.165, 1.54) is 0 Å². The maximum Gasteiger partial charge on any atom is 0.323 e. The van der Waals surface area contributed by atoms with Crippen molar-refractivity contribution in [2.75, 3.05) is 33.5 Å². The summed E-state index contributed by atoms with van der Waals surface area (Å²) in [4.78, 5) is 23.8. The minimum absolute atomic E-state index is 0.0833. The predicted octanol–water partition coefficient (Wildman–Crippen LogP) is 2.11. The van der Waals surface area contributed by atoms with Gasteiger partial charge in [-0.3, -0.25) is 9.59 Å². The van der Waals surface area contributed by atoms with Crippen LogP contribution in [0, 0.1) is 11.3 Å². The lowest BCUT2D eigenvalue weighted by molar-refractivity contribution is -0.171. The van der Waals surface area contributed by atoms with Gasteiger partial charge in [-0.2, -0.15) is 0 Å². The van der Waals surface area contributed by atoms with Crippen molar-refractivity contribution in [3.8, 4) is 0 Å². The van der Waals surface area contributed by atoms with E-state index >= 15 is 0 Å². The topological polar surface area (TPSA) is 82.1 Å². The molecule has 6 heteroatoms. The smallest absolute Gasteiger partial charge is 0.323 e. The molecule has 0 saturated heterocycles. The van der Waals surface area contributed by atoms with Crippen LogP contribution in [0.1, 0.15) is 40.0 Å². The molecule has 0 radical (unpaired) electrons. The number of ether oxygens (including phenoxy) is 3. The standard InChI is InChI=1S/C15H28O6/c1-5-21-14(18)15(13(16)17,11-12(2)3)7-6-8-20-10-9-19-4/h12H,5-11H2,1-4H3,(H,16,17). The maximum absolute atomic E-state index is 12.1. The van der Waals surface area contributed by atoms with Gasteiger partial charge in [0.15, 0.2) is 5.41 Å². The van der Waals surface area contributed by atoms with Crippen LogP contribution in [0.15, 0.2) is 0 Å². The first-order valence-electron chi connectivity index (χ1n) is 7.38. The van der Waals surface area contributed by atoms with Gasteiger partial charge in [0.25, 0.3) is 0 Å². The lowest BCUT2D eigenvalue weighted by Gasteiger charge is -2.28. The zero-order valence-electron chi connectivity index (χ0n) is 13.5. The molecule has 124 valence electrons. The van der Waals surface area contributed by atoms with E-state index in [0.717, 1.165) is 0 Å². The molecule has 21 heavy (non-hydrogen) atoms. The SMILES string of the molecule is CCOC(=O)C(CCCOCCOC)(CC(C)C)C(=O)O. The van der Waals surface area contributed by atoms with Gasteiger partial charge in [0.05, 0.1) is 19.8 Å². The van der Waals surface area contributed by atoms with Crippen molar-refractivity contribution in [2.45, 2.75) is 40.0 Å². The molecular formula is C15H28O6. The lowest BCUT2D eigenvalue weighted by Crippen LogP contribution is -2.42. The second kappa shape index (κ2) is 10.6. The maximum atomic E-state index is 12.1. The summed E-state index contributed by atoms with van der Waals surface area (Å²) in [7, 11) is 1.59. The first-order chi connectivity index (χ1) is 9.90. The molecule has 1 atom stereocenters. The van der Waals surface area contributed by atoms with Gasteiger partial charge in [-0.1, -0.05) is 13.8 Å². The summed E-state index contributed by atoms with van der Waals surface area (Å²) in [5.41, 5.74) is -1.48. The second-order valence-electron chi connectivity index (χ2n) is 5.41. The highest BCUT2D eigenvalue weighted by Gasteiger charge is 2.47. The van der Waals surface area contributed by atoms with Crippen molar-refractivity contribution in [1.29, 1.82) is 0 Å². The summed E-state index contributed by atoms with van der Waals surface area (Å²) in [5.74, 6) is -1.69. The fourth-order valence-electron chi connectivity index (χ4n) is 2.26. The quantitative estimate of drug-likeness (QED) is 0.338. The van der Waals surface area contributed by atoms with Crippen molar-refractivity contribution in [1.82, 2.24) is 0 Å². The average molecular weight is 304 g/mol. The number of hydrogen-bond donors (Lipinski definition) is 1. The first-order valence-corrected chi connectivity index (χ1v) is 7.38. The van der Waals surface area contributed by atoms with Gasteiger partial charge in [-0.15, -0.1) is 0 Å². The van der Waals surface area contributed by atoms with Gasteiger partial charge in [0.1, 0.15) is 0 Å². The summed E-state index contributed by atoms with van der Waals surface area (Å²) in [6.07, 6.45) is 0.965. The molecule has 0 aromatic heterocycles. The Bertz CT molecular complexity index is 315. The average Bonchev–Trinajstić information content (AvgIpc) is 2.40. The molecule has 0 rings (SSSR count). The van der Waals surface area contributed by atoms with Crippen LogP contribution in [0.2, 0.25) is 0 Å². The number of methoxy groups -OCH3 is 1. The molecule has 0 amide bonds. The molecular weight excluding hydrogens is 276 g/mol. The van der Waals surface area contributed by atoms with Gasteiger partial charge >= 0.3 is 11.9 Å². The summed E-state index contributed by atoms with van der Waals surface area (Å²) in [6.45, 7) is 6.99. The Kier molecular flexibility index (Phi) is 9.99. The summed E-state index contributed by atoms with van der Waals surface area (Å²) < 4.78 is 15.2. The first kappa shape index (κ1) is 19.9. The Labute approximate surface area is 126 Å². The molecule has 0 bridgehead atoms. The fraction of sp³-hybridized carbons (Fsp3) is 0.867. The minimum Gasteiger partial charge on any atom is -0.480 e. The van der Waals surface area contributed by atoms with E-state index in [1.54, 1.807) is 14.0 Å². The number of rotatable bonds is 12. The highest BCUT2D eigenvalue weighted by Crippen LogP contribution is 2.34. The number of aliphatic carboxylic acids is 1. The van der Waals surface area contributed by atoms with E-state index in [-0.39, 0.29) is 25.4 Å². The second-order valence-corrected chi connectivity index (χ2v) is 5.41. The molecule has 0 fully saturated rings. The molecule has 0 aromatic rings. The Morgan fingerprint density at radius 2 is 1.86 bits per heavy atom. The van der Waals surface area contributed by atoms with Crippen molar-refractivity contribution in [2.24, 2.45) is 11.3 Å². The monoisotopic (exact) mass is 304 g/mol. The van der Waals surface area contributed by atoms with E-state index in [4.69, 9.17) is 14.2 Å².